The van der Waals surface area contributed by atoms with Crippen LogP contribution in [-0.4, -0.2) is 10.8 Å². The van der Waals surface area contributed by atoms with Crippen molar-refractivity contribution in [2.45, 2.75) is 13.1 Å². The first-order chi connectivity index (χ1) is 9.79. The van der Waals surface area contributed by atoms with Crippen molar-refractivity contribution in [1.82, 2.24) is 4.98 Å². The summed E-state index contributed by atoms with van der Waals surface area (Å²) in [5, 5.41) is 0. The topological polar surface area (TPSA) is 39.2 Å². The number of carbonyl (C=O) groups excluding carboxylic acids is 1. The van der Waals surface area contributed by atoms with Crippen molar-refractivity contribution in [3.63, 3.8) is 0 Å². The first-order valence-electron chi connectivity index (χ1n) is 5.79. The zero-order chi connectivity index (χ0) is 15.6. The fourth-order valence-corrected chi connectivity index (χ4v) is 1.65. The van der Waals surface area contributed by atoms with Crippen molar-refractivity contribution in [3.05, 3.63) is 53.6 Å². The molecule has 0 atom stereocenters. The number of ether oxygens (including phenoxy) is 1. The molecule has 0 bridgehead atoms. The molecule has 0 saturated heterocycles. The lowest BCUT2D eigenvalue weighted by Crippen LogP contribution is -2.07. The molecular weight excluding hydrogens is 290 g/mol. The minimum absolute atomic E-state index is 0.228. The molecule has 0 spiro atoms. The summed E-state index contributed by atoms with van der Waals surface area (Å²) in [6.45, 7) is 1.13. The Morgan fingerprint density at radius 3 is 2.48 bits per heavy atom. The summed E-state index contributed by atoms with van der Waals surface area (Å²) in [6, 6.07) is 5.35. The van der Waals surface area contributed by atoms with Crippen LogP contribution in [0.1, 0.15) is 23.0 Å². The summed E-state index contributed by atoms with van der Waals surface area (Å²) in [5.41, 5.74) is -1.38. The Hall–Kier alpha value is -2.44. The Morgan fingerprint density at radius 2 is 1.90 bits per heavy atom. The maximum Gasteiger partial charge on any atom is 0.419 e. The SMILES string of the molecule is CC(=O)c1ncc(Oc2ccccc2C(F)(F)F)cc1F. The van der Waals surface area contributed by atoms with Crippen LogP contribution in [-0.2, 0) is 6.18 Å². The predicted octanol–water partition coefficient (Wildman–Crippen LogP) is 4.23. The van der Waals surface area contributed by atoms with Gasteiger partial charge < -0.3 is 4.74 Å². The molecule has 0 aliphatic carbocycles. The second-order valence-corrected chi connectivity index (χ2v) is 4.15. The number of halogens is 4. The highest BCUT2D eigenvalue weighted by atomic mass is 19.4. The van der Waals surface area contributed by atoms with Crippen molar-refractivity contribution >= 4 is 5.78 Å². The van der Waals surface area contributed by atoms with Gasteiger partial charge in [0.15, 0.2) is 11.6 Å². The van der Waals surface area contributed by atoms with Crippen molar-refractivity contribution < 1.29 is 27.1 Å². The van der Waals surface area contributed by atoms with Crippen molar-refractivity contribution in [2.24, 2.45) is 0 Å². The first-order valence-corrected chi connectivity index (χ1v) is 5.79. The van der Waals surface area contributed by atoms with Crippen LogP contribution in [0.25, 0.3) is 0 Å². The van der Waals surface area contributed by atoms with Gasteiger partial charge in [0.2, 0.25) is 0 Å². The molecule has 0 unspecified atom stereocenters. The maximum atomic E-state index is 13.6. The van der Waals surface area contributed by atoms with E-state index in [9.17, 15) is 22.4 Å². The molecule has 21 heavy (non-hydrogen) atoms. The number of alkyl halides is 3. The first kappa shape index (κ1) is 15.0. The fraction of sp³-hybridized carbons (Fsp3) is 0.143. The summed E-state index contributed by atoms with van der Waals surface area (Å²) in [5.74, 6) is -2.24. The van der Waals surface area contributed by atoms with Crippen LogP contribution in [0, 0.1) is 5.82 Å². The van der Waals surface area contributed by atoms with E-state index in [2.05, 4.69) is 4.98 Å². The number of ketones is 1. The van der Waals surface area contributed by atoms with Gasteiger partial charge in [-0.05, 0) is 12.1 Å². The third kappa shape index (κ3) is 3.36. The molecule has 0 fully saturated rings. The van der Waals surface area contributed by atoms with Gasteiger partial charge in [0.25, 0.3) is 0 Å². The van der Waals surface area contributed by atoms with E-state index < -0.39 is 34.8 Å². The Morgan fingerprint density at radius 1 is 1.24 bits per heavy atom. The number of para-hydroxylation sites is 1. The van der Waals surface area contributed by atoms with Crippen LogP contribution < -0.4 is 4.74 Å². The molecule has 3 nitrogen and oxygen atoms in total. The number of carbonyl (C=O) groups is 1. The molecule has 2 rings (SSSR count). The Labute approximate surface area is 117 Å². The lowest BCUT2D eigenvalue weighted by molar-refractivity contribution is -0.138. The number of Topliss-reactive ketones (excluding diaryl/α,β-unsaturated/α-hetero) is 1. The van der Waals surface area contributed by atoms with Gasteiger partial charge in [0.05, 0.1) is 11.8 Å². The summed E-state index contributed by atoms with van der Waals surface area (Å²) < 4.78 is 56.9. The van der Waals surface area contributed by atoms with Gasteiger partial charge in [-0.25, -0.2) is 9.37 Å². The fourth-order valence-electron chi connectivity index (χ4n) is 1.65. The highest BCUT2D eigenvalue weighted by molar-refractivity contribution is 5.92. The molecule has 0 aliphatic rings. The van der Waals surface area contributed by atoms with Gasteiger partial charge in [-0.2, -0.15) is 13.2 Å². The number of rotatable bonds is 3. The normalized spacial score (nSPS) is 11.3. The Kier molecular flexibility index (Phi) is 3.93. The number of hydrogen-bond acceptors (Lipinski definition) is 3. The van der Waals surface area contributed by atoms with E-state index in [4.69, 9.17) is 4.74 Å². The van der Waals surface area contributed by atoms with E-state index in [-0.39, 0.29) is 5.75 Å². The number of pyridine rings is 1. The largest absolute Gasteiger partial charge is 0.455 e. The summed E-state index contributed by atoms with van der Waals surface area (Å²) in [4.78, 5) is 14.6. The molecule has 1 heterocycles. The molecule has 0 saturated carbocycles. The monoisotopic (exact) mass is 299 g/mol. The zero-order valence-electron chi connectivity index (χ0n) is 10.7. The van der Waals surface area contributed by atoms with Crippen molar-refractivity contribution in [3.8, 4) is 11.5 Å². The summed E-state index contributed by atoms with van der Waals surface area (Å²) in [6.07, 6.45) is -3.60. The molecule has 0 N–H and O–H groups in total. The van der Waals surface area contributed by atoms with Gasteiger partial charge >= 0.3 is 6.18 Å². The summed E-state index contributed by atoms with van der Waals surface area (Å²) in [7, 11) is 0. The van der Waals surface area contributed by atoms with Crippen LogP contribution >= 0.6 is 0 Å². The quantitative estimate of drug-likeness (QED) is 0.628. The molecule has 0 aliphatic heterocycles. The van der Waals surface area contributed by atoms with Crippen LogP contribution in [0.2, 0.25) is 0 Å². The minimum Gasteiger partial charge on any atom is -0.455 e. The average molecular weight is 299 g/mol. The van der Waals surface area contributed by atoms with Gasteiger partial charge in [-0.3, -0.25) is 4.79 Å². The van der Waals surface area contributed by atoms with E-state index in [0.717, 1.165) is 31.3 Å². The third-order valence-electron chi connectivity index (χ3n) is 2.57. The molecule has 0 amide bonds. The molecule has 7 heteroatoms. The molecule has 0 radical (unpaired) electrons. The summed E-state index contributed by atoms with van der Waals surface area (Å²) >= 11 is 0. The van der Waals surface area contributed by atoms with Crippen LogP contribution in [0.15, 0.2) is 36.5 Å². The van der Waals surface area contributed by atoms with Crippen LogP contribution in [0.5, 0.6) is 11.5 Å². The van der Waals surface area contributed by atoms with Gasteiger partial charge in [-0.15, -0.1) is 0 Å². The van der Waals surface area contributed by atoms with Crippen molar-refractivity contribution in [2.75, 3.05) is 0 Å². The second-order valence-electron chi connectivity index (χ2n) is 4.15. The maximum absolute atomic E-state index is 13.6. The van der Waals surface area contributed by atoms with Gasteiger partial charge in [0.1, 0.15) is 17.2 Å². The number of benzene rings is 1. The van der Waals surface area contributed by atoms with Crippen LogP contribution in [0.4, 0.5) is 17.6 Å². The standard InChI is InChI=1S/C14H9F4NO2/c1-8(20)13-11(15)6-9(7-19-13)21-12-5-3-2-4-10(12)14(16,17)18/h2-7H,1H3. The third-order valence-corrected chi connectivity index (χ3v) is 2.57. The molecule has 110 valence electrons. The van der Waals surface area contributed by atoms with E-state index in [1.54, 1.807) is 0 Å². The predicted molar refractivity (Wildman–Crippen MR) is 65.7 cm³/mol. The highest BCUT2D eigenvalue weighted by Crippen LogP contribution is 2.37. The number of aromatic nitrogens is 1. The van der Waals surface area contributed by atoms with E-state index >= 15 is 0 Å². The smallest absolute Gasteiger partial charge is 0.419 e. The Balaban J connectivity index is 2.35. The lowest BCUT2D eigenvalue weighted by atomic mass is 10.2. The zero-order valence-corrected chi connectivity index (χ0v) is 10.7. The van der Waals surface area contributed by atoms with Crippen molar-refractivity contribution in [1.29, 1.82) is 0 Å². The van der Waals surface area contributed by atoms with E-state index in [0.29, 0.717) is 0 Å². The van der Waals surface area contributed by atoms with E-state index in [1.807, 2.05) is 0 Å². The second kappa shape index (κ2) is 5.51. The van der Waals surface area contributed by atoms with E-state index in [1.165, 1.54) is 12.1 Å². The van der Waals surface area contributed by atoms with Crippen LogP contribution in [0.3, 0.4) is 0 Å². The number of hydrogen-bond donors (Lipinski definition) is 0. The molecule has 1 aromatic heterocycles. The molecule has 1 aromatic carbocycles. The lowest BCUT2D eigenvalue weighted by Gasteiger charge is -2.13. The molecule has 2 aromatic rings. The van der Waals surface area contributed by atoms with Gasteiger partial charge in [0, 0.05) is 13.0 Å². The average Bonchev–Trinajstić information content (AvgIpc) is 2.37. The Bertz CT molecular complexity index is 683. The highest BCUT2D eigenvalue weighted by Gasteiger charge is 2.34. The minimum atomic E-state index is -4.60. The number of nitrogens with zero attached hydrogens (tertiary/aromatic N) is 1. The van der Waals surface area contributed by atoms with Gasteiger partial charge in [-0.1, -0.05) is 12.1 Å². The molecular formula is C14H9F4NO2.